The van der Waals surface area contributed by atoms with Crippen LogP contribution in [0.25, 0.3) is 11.0 Å². The quantitative estimate of drug-likeness (QED) is 0.263. The van der Waals surface area contributed by atoms with E-state index in [2.05, 4.69) is 21.8 Å². The van der Waals surface area contributed by atoms with Gasteiger partial charge < -0.3 is 24.5 Å². The number of imidazole rings is 1. The Morgan fingerprint density at radius 3 is 2.53 bits per heavy atom. The number of rotatable bonds is 6. The van der Waals surface area contributed by atoms with Crippen LogP contribution < -0.4 is 5.32 Å². The monoisotopic (exact) mass is 573 g/mol. The molecule has 0 aliphatic carbocycles. The molecule has 38 heavy (non-hydrogen) atoms. The zero-order chi connectivity index (χ0) is 26.9. The van der Waals surface area contributed by atoms with Gasteiger partial charge in [-0.2, -0.15) is 0 Å². The van der Waals surface area contributed by atoms with E-state index < -0.39 is 16.0 Å². The van der Waals surface area contributed by atoms with Crippen molar-refractivity contribution in [3.8, 4) is 0 Å². The van der Waals surface area contributed by atoms with Gasteiger partial charge in [-0.25, -0.2) is 4.98 Å². The highest BCUT2D eigenvalue weighted by Crippen LogP contribution is 2.42. The maximum atomic E-state index is 12.2. The lowest BCUT2D eigenvalue weighted by molar-refractivity contribution is -0.276. The van der Waals surface area contributed by atoms with E-state index in [1.807, 2.05) is 60.9 Å². The molecule has 10 heteroatoms. The van der Waals surface area contributed by atoms with Gasteiger partial charge in [-0.15, -0.1) is 0 Å². The number of hydrogen-bond acceptors (Lipinski definition) is 5. The van der Waals surface area contributed by atoms with Crippen molar-refractivity contribution in [2.45, 2.75) is 42.4 Å². The van der Waals surface area contributed by atoms with E-state index in [-0.39, 0.29) is 24.7 Å². The fourth-order valence-corrected chi connectivity index (χ4v) is 4.78. The zero-order valence-electron chi connectivity index (χ0n) is 20.4. The number of nitrogens with one attached hydrogen (secondary N) is 1. The van der Waals surface area contributed by atoms with Gasteiger partial charge in [0.25, 0.3) is 9.70 Å². The molecular formula is C28H26Cl3N3O4. The molecule has 5 rings (SSSR count). The highest BCUT2D eigenvalue weighted by molar-refractivity contribution is 6.76. The van der Waals surface area contributed by atoms with E-state index in [9.17, 15) is 9.90 Å². The summed E-state index contributed by atoms with van der Waals surface area (Å²) in [6, 6.07) is 22.8. The number of hydrogen-bond donors (Lipinski definition) is 2. The summed E-state index contributed by atoms with van der Waals surface area (Å²) in [4.78, 5) is 16.7. The van der Waals surface area contributed by atoms with Crippen molar-refractivity contribution in [1.29, 1.82) is 0 Å². The van der Waals surface area contributed by atoms with Crippen molar-refractivity contribution in [2.75, 3.05) is 5.32 Å². The highest BCUT2D eigenvalue weighted by atomic mass is 35.6. The molecule has 0 radical (unpaired) electrons. The topological polar surface area (TPSA) is 85.6 Å². The number of aliphatic hydroxyl groups excluding tert-OH is 1. The molecule has 1 aromatic heterocycles. The molecule has 1 aliphatic heterocycles. The molecule has 7 nitrogen and oxygen atoms in total. The number of benzene rings is 3. The predicted octanol–water partition coefficient (Wildman–Crippen LogP) is 6.33. The third kappa shape index (κ3) is 5.83. The van der Waals surface area contributed by atoms with Crippen molar-refractivity contribution in [3.63, 3.8) is 0 Å². The Kier molecular flexibility index (Phi) is 7.95. The van der Waals surface area contributed by atoms with Crippen LogP contribution in [0.2, 0.25) is 0 Å². The third-order valence-corrected chi connectivity index (χ3v) is 7.22. The molecule has 4 aromatic rings. The fraction of sp³-hybridized carbons (Fsp3) is 0.286. The van der Waals surface area contributed by atoms with Crippen LogP contribution in [0.3, 0.4) is 0 Å². The molecule has 3 aromatic carbocycles. The van der Waals surface area contributed by atoms with Gasteiger partial charge in [-0.1, -0.05) is 90.3 Å². The first-order valence-electron chi connectivity index (χ1n) is 12.1. The smallest absolute Gasteiger partial charge is 0.276 e. The van der Waals surface area contributed by atoms with Crippen LogP contribution in [0, 0.1) is 5.92 Å². The van der Waals surface area contributed by atoms with Crippen molar-refractivity contribution in [1.82, 2.24) is 9.55 Å². The molecular weight excluding hydrogens is 549 g/mol. The van der Waals surface area contributed by atoms with E-state index in [1.165, 1.54) is 0 Å². The summed E-state index contributed by atoms with van der Waals surface area (Å²) in [5.74, 6) is -0.773. The summed E-state index contributed by atoms with van der Waals surface area (Å²) in [7, 11) is 0. The SMILES string of the molecule is CC1C(Cn2cnc3ccccc32)OC(c2cccc(NC(=O)C(Cl)(Cl)Cl)c2)OC1c1ccc(CO)cc1. The van der Waals surface area contributed by atoms with Crippen LogP contribution in [0.15, 0.2) is 79.1 Å². The molecule has 0 saturated carbocycles. The molecule has 1 aliphatic rings. The van der Waals surface area contributed by atoms with Crippen molar-refractivity contribution < 1.29 is 19.4 Å². The fourth-order valence-electron chi connectivity index (χ4n) is 4.64. The standard InChI is InChI=1S/C28H26Cl3N3O4/c1-17-24(14-34-16-32-22-7-2-3-8-23(22)34)37-26(38-25(17)19-11-9-18(15-35)10-12-19)20-5-4-6-21(13-20)33-27(36)28(29,30)31/h2-13,16-17,24-26,35H,14-15H2,1H3,(H,33,36). The van der Waals surface area contributed by atoms with Crippen LogP contribution >= 0.6 is 34.8 Å². The number of aromatic nitrogens is 2. The summed E-state index contributed by atoms with van der Waals surface area (Å²) in [5.41, 5.74) is 4.89. The van der Waals surface area contributed by atoms with E-state index in [0.29, 0.717) is 17.8 Å². The number of alkyl halides is 3. The number of para-hydroxylation sites is 2. The molecule has 198 valence electrons. The molecule has 1 fully saturated rings. The minimum Gasteiger partial charge on any atom is -0.392 e. The number of anilines is 1. The second-order valence-electron chi connectivity index (χ2n) is 9.28. The zero-order valence-corrected chi connectivity index (χ0v) is 22.7. The average molecular weight is 575 g/mol. The Morgan fingerprint density at radius 1 is 1.03 bits per heavy atom. The summed E-state index contributed by atoms with van der Waals surface area (Å²) in [6.45, 7) is 2.63. The number of fused-ring (bicyclic) bond motifs is 1. The van der Waals surface area contributed by atoms with Crippen molar-refractivity contribution in [2.24, 2.45) is 5.92 Å². The Balaban J connectivity index is 1.46. The molecule has 2 N–H and O–H groups in total. The summed E-state index contributed by atoms with van der Waals surface area (Å²) >= 11 is 17.2. The lowest BCUT2D eigenvalue weighted by Gasteiger charge is -2.41. The minimum absolute atomic E-state index is 0.0142. The third-order valence-electron chi connectivity index (χ3n) is 6.70. The van der Waals surface area contributed by atoms with Gasteiger partial charge in [0.05, 0.1) is 42.7 Å². The lowest BCUT2D eigenvalue weighted by Crippen LogP contribution is -2.39. The normalized spacial score (nSPS) is 21.9. The van der Waals surface area contributed by atoms with Crippen LogP contribution in [0.1, 0.15) is 36.0 Å². The van der Waals surface area contributed by atoms with Gasteiger partial charge in [0, 0.05) is 17.2 Å². The van der Waals surface area contributed by atoms with Gasteiger partial charge in [0.15, 0.2) is 6.29 Å². The van der Waals surface area contributed by atoms with Crippen LogP contribution in [0.5, 0.6) is 0 Å². The Morgan fingerprint density at radius 2 is 1.79 bits per heavy atom. The van der Waals surface area contributed by atoms with Crippen molar-refractivity contribution >= 4 is 57.4 Å². The van der Waals surface area contributed by atoms with Gasteiger partial charge in [-0.3, -0.25) is 4.79 Å². The van der Waals surface area contributed by atoms with E-state index >= 15 is 0 Å². The minimum atomic E-state index is -2.09. The number of aliphatic hydroxyl groups is 1. The summed E-state index contributed by atoms with van der Waals surface area (Å²) in [5, 5.41) is 12.1. The molecule has 0 bridgehead atoms. The maximum Gasteiger partial charge on any atom is 0.276 e. The largest absolute Gasteiger partial charge is 0.392 e. The first-order chi connectivity index (χ1) is 18.2. The number of carbonyl (C=O) groups excluding carboxylic acids is 1. The first kappa shape index (κ1) is 26.9. The summed E-state index contributed by atoms with van der Waals surface area (Å²) in [6.07, 6.45) is 0.579. The maximum absolute atomic E-state index is 12.2. The average Bonchev–Trinajstić information content (AvgIpc) is 3.32. The van der Waals surface area contributed by atoms with E-state index in [0.717, 1.165) is 22.2 Å². The van der Waals surface area contributed by atoms with Gasteiger partial charge in [0.1, 0.15) is 0 Å². The van der Waals surface area contributed by atoms with Crippen LogP contribution in [-0.2, 0) is 27.4 Å². The Hall–Kier alpha value is -2.65. The number of carbonyl (C=O) groups is 1. The first-order valence-corrected chi connectivity index (χ1v) is 13.2. The number of nitrogens with zero attached hydrogens (tertiary/aromatic N) is 2. The molecule has 4 atom stereocenters. The number of amides is 1. The predicted molar refractivity (Wildman–Crippen MR) is 148 cm³/mol. The number of ether oxygens (including phenoxy) is 2. The van der Waals surface area contributed by atoms with Gasteiger partial charge in [0.2, 0.25) is 0 Å². The van der Waals surface area contributed by atoms with Crippen molar-refractivity contribution in [3.05, 3.63) is 95.8 Å². The summed E-state index contributed by atoms with van der Waals surface area (Å²) < 4.78 is 13.0. The second kappa shape index (κ2) is 11.2. The lowest BCUT2D eigenvalue weighted by atomic mass is 9.90. The van der Waals surface area contributed by atoms with E-state index in [4.69, 9.17) is 44.3 Å². The molecule has 4 unspecified atom stereocenters. The molecule has 0 spiro atoms. The van der Waals surface area contributed by atoms with Crippen LogP contribution in [-0.4, -0.2) is 30.5 Å². The van der Waals surface area contributed by atoms with Gasteiger partial charge >= 0.3 is 0 Å². The Bertz CT molecular complexity index is 1420. The second-order valence-corrected chi connectivity index (χ2v) is 11.6. The van der Waals surface area contributed by atoms with Gasteiger partial charge in [-0.05, 0) is 35.4 Å². The molecule has 2 heterocycles. The van der Waals surface area contributed by atoms with Crippen LogP contribution in [0.4, 0.5) is 5.69 Å². The van der Waals surface area contributed by atoms with E-state index in [1.54, 1.807) is 18.2 Å². The number of halogens is 3. The molecule has 1 saturated heterocycles. The highest BCUT2D eigenvalue weighted by Gasteiger charge is 2.39. The Labute approximate surface area is 235 Å². The molecule has 1 amide bonds.